The minimum atomic E-state index is -0.246. The van der Waals surface area contributed by atoms with E-state index in [9.17, 15) is 4.79 Å². The van der Waals surface area contributed by atoms with Crippen LogP contribution in [-0.2, 0) is 4.79 Å². The number of amides is 1. The number of nitrogens with zero attached hydrogens (tertiary/aromatic N) is 5. The summed E-state index contributed by atoms with van der Waals surface area (Å²) in [7, 11) is 0. The Bertz CT molecular complexity index is 1490. The smallest absolute Gasteiger partial charge is 0.253 e. The minimum absolute atomic E-state index is 0.0962. The molecule has 0 spiro atoms. The normalized spacial score (nSPS) is 16.1. The van der Waals surface area contributed by atoms with E-state index in [4.69, 9.17) is 4.42 Å². The fourth-order valence-corrected chi connectivity index (χ4v) is 5.72. The first-order valence-electron chi connectivity index (χ1n) is 10.5. The number of hydrogen-bond acceptors (Lipinski definition) is 7. The van der Waals surface area contributed by atoms with E-state index >= 15 is 0 Å². The number of furan rings is 1. The summed E-state index contributed by atoms with van der Waals surface area (Å²) in [6.45, 7) is 2.07. The predicted octanol–water partition coefficient (Wildman–Crippen LogP) is 5.32. The molecular formula is C24H19N5O2S2. The highest BCUT2D eigenvalue weighted by Crippen LogP contribution is 2.35. The Balaban J connectivity index is 1.30. The third kappa shape index (κ3) is 3.53. The number of hydrogen-bond donors (Lipinski definition) is 0. The van der Waals surface area contributed by atoms with Crippen LogP contribution in [0.25, 0.3) is 16.6 Å². The van der Waals surface area contributed by atoms with Gasteiger partial charge in [-0.05, 0) is 48.2 Å². The minimum Gasteiger partial charge on any atom is -0.467 e. The molecule has 1 unspecified atom stereocenters. The maximum atomic E-state index is 13.3. The van der Waals surface area contributed by atoms with E-state index < -0.39 is 0 Å². The van der Waals surface area contributed by atoms with Gasteiger partial charge in [0.25, 0.3) is 5.91 Å². The molecule has 7 nitrogen and oxygen atoms in total. The summed E-state index contributed by atoms with van der Waals surface area (Å²) in [5.74, 6) is 0.834. The maximum absolute atomic E-state index is 13.3. The lowest BCUT2D eigenvalue weighted by Crippen LogP contribution is -2.28. The summed E-state index contributed by atoms with van der Waals surface area (Å²) in [6.07, 6.45) is 2.26. The van der Waals surface area contributed by atoms with Crippen molar-refractivity contribution in [1.29, 1.82) is 0 Å². The average molecular weight is 474 g/mol. The van der Waals surface area contributed by atoms with Gasteiger partial charge in [-0.2, -0.15) is 5.10 Å². The van der Waals surface area contributed by atoms with Gasteiger partial charge in [0, 0.05) is 11.8 Å². The summed E-state index contributed by atoms with van der Waals surface area (Å²) in [6, 6.07) is 17.7. The number of fused-ring (bicyclic) bond motifs is 3. The summed E-state index contributed by atoms with van der Waals surface area (Å²) in [5, 5.41) is 18.8. The molecule has 0 radical (unpaired) electrons. The van der Waals surface area contributed by atoms with Gasteiger partial charge in [0.15, 0.2) is 10.8 Å². The van der Waals surface area contributed by atoms with Crippen LogP contribution in [0.4, 0.5) is 0 Å². The standard InChI is InChI=1S/C24H19N5O2S2/c1-15-12-22-25-26-24(28(22)18-7-3-2-6-16(15)18)33-14-23(30)29-19(20-8-4-10-31-20)13-17(27-29)21-9-5-11-32-21/h2-12,19H,13-14H2,1H3. The van der Waals surface area contributed by atoms with Crippen LogP contribution in [-0.4, -0.2) is 37.0 Å². The number of rotatable bonds is 5. The maximum Gasteiger partial charge on any atom is 0.253 e. The van der Waals surface area contributed by atoms with Crippen LogP contribution in [0.15, 0.2) is 80.9 Å². The molecule has 5 aromatic rings. The number of hydrazone groups is 1. The summed E-state index contributed by atoms with van der Waals surface area (Å²) in [5.41, 5.74) is 3.85. The van der Waals surface area contributed by atoms with Crippen molar-refractivity contribution in [3.63, 3.8) is 0 Å². The molecule has 0 saturated heterocycles. The van der Waals surface area contributed by atoms with Gasteiger partial charge in [-0.25, -0.2) is 5.01 Å². The van der Waals surface area contributed by atoms with Crippen molar-refractivity contribution in [3.8, 4) is 0 Å². The Morgan fingerprint density at radius 3 is 2.91 bits per heavy atom. The topological polar surface area (TPSA) is 76.0 Å². The second kappa shape index (κ2) is 8.17. The van der Waals surface area contributed by atoms with E-state index in [0.717, 1.165) is 38.5 Å². The molecule has 1 amide bonds. The Labute approximate surface area is 197 Å². The monoisotopic (exact) mass is 473 g/mol. The third-order valence-electron chi connectivity index (χ3n) is 5.74. The van der Waals surface area contributed by atoms with E-state index in [1.54, 1.807) is 22.6 Å². The van der Waals surface area contributed by atoms with Crippen LogP contribution < -0.4 is 0 Å². The average Bonchev–Trinajstić information content (AvgIpc) is 3.63. The first-order chi connectivity index (χ1) is 16.2. The quantitative estimate of drug-likeness (QED) is 0.323. The Hall–Kier alpha value is -3.43. The number of thioether (sulfide) groups is 1. The van der Waals surface area contributed by atoms with Crippen LogP contribution in [0.2, 0.25) is 0 Å². The van der Waals surface area contributed by atoms with Crippen molar-refractivity contribution < 1.29 is 9.21 Å². The van der Waals surface area contributed by atoms with Gasteiger partial charge < -0.3 is 4.42 Å². The molecule has 0 fully saturated rings. The van der Waals surface area contributed by atoms with Crippen LogP contribution in [0.3, 0.4) is 0 Å². The first-order valence-corrected chi connectivity index (χ1v) is 12.4. The molecule has 0 aliphatic carbocycles. The molecule has 164 valence electrons. The van der Waals surface area contributed by atoms with E-state index in [1.807, 2.05) is 52.2 Å². The summed E-state index contributed by atoms with van der Waals surface area (Å²) in [4.78, 5) is 14.4. The summed E-state index contributed by atoms with van der Waals surface area (Å²) >= 11 is 2.99. The zero-order valence-electron chi connectivity index (χ0n) is 17.7. The molecule has 6 rings (SSSR count). The van der Waals surface area contributed by atoms with E-state index in [1.165, 1.54) is 11.8 Å². The lowest BCUT2D eigenvalue weighted by atomic mass is 10.1. The van der Waals surface area contributed by atoms with Crippen molar-refractivity contribution in [2.75, 3.05) is 5.75 Å². The van der Waals surface area contributed by atoms with Gasteiger partial charge >= 0.3 is 0 Å². The van der Waals surface area contributed by atoms with E-state index in [0.29, 0.717) is 11.6 Å². The van der Waals surface area contributed by atoms with Crippen LogP contribution in [0.5, 0.6) is 0 Å². The number of carbonyl (C=O) groups is 1. The Morgan fingerprint density at radius 1 is 1.18 bits per heavy atom. The lowest BCUT2D eigenvalue weighted by molar-refractivity contribution is -0.130. The van der Waals surface area contributed by atoms with Gasteiger partial charge in [0.1, 0.15) is 11.8 Å². The van der Waals surface area contributed by atoms with Crippen molar-refractivity contribution >= 4 is 51.3 Å². The third-order valence-corrected chi connectivity index (χ3v) is 7.57. The Kier molecular flexibility index (Phi) is 5.00. The van der Waals surface area contributed by atoms with Gasteiger partial charge in [0.2, 0.25) is 0 Å². The van der Waals surface area contributed by atoms with Crippen molar-refractivity contribution in [1.82, 2.24) is 19.6 Å². The zero-order valence-corrected chi connectivity index (χ0v) is 19.3. The molecule has 9 heteroatoms. The molecule has 0 N–H and O–H groups in total. The van der Waals surface area contributed by atoms with Gasteiger partial charge in [0.05, 0.1) is 28.1 Å². The molecule has 5 heterocycles. The highest BCUT2D eigenvalue weighted by molar-refractivity contribution is 7.99. The number of aromatic nitrogens is 3. The van der Waals surface area contributed by atoms with Crippen LogP contribution in [0, 0.1) is 6.92 Å². The van der Waals surface area contributed by atoms with Crippen LogP contribution >= 0.6 is 23.1 Å². The fourth-order valence-electron chi connectivity index (χ4n) is 4.20. The molecule has 4 aromatic heterocycles. The van der Waals surface area contributed by atoms with Gasteiger partial charge in [-0.1, -0.05) is 36.0 Å². The zero-order chi connectivity index (χ0) is 22.4. The lowest BCUT2D eigenvalue weighted by Gasteiger charge is -2.19. The second-order valence-electron chi connectivity index (χ2n) is 7.81. The number of benzene rings is 1. The molecule has 1 aliphatic heterocycles. The first kappa shape index (κ1) is 20.2. The number of para-hydroxylation sites is 1. The van der Waals surface area contributed by atoms with Crippen molar-refractivity contribution in [2.24, 2.45) is 5.10 Å². The fraction of sp³-hybridized carbons (Fsp3) is 0.167. The van der Waals surface area contributed by atoms with Crippen molar-refractivity contribution in [3.05, 3.63) is 82.4 Å². The van der Waals surface area contributed by atoms with Gasteiger partial charge in [-0.3, -0.25) is 9.20 Å². The van der Waals surface area contributed by atoms with Crippen molar-refractivity contribution in [2.45, 2.75) is 24.5 Å². The number of thiophene rings is 1. The highest BCUT2D eigenvalue weighted by Gasteiger charge is 2.35. The second-order valence-corrected chi connectivity index (χ2v) is 9.70. The van der Waals surface area contributed by atoms with Crippen LogP contribution in [0.1, 0.15) is 28.7 Å². The molecule has 0 saturated carbocycles. The molecule has 1 aromatic carbocycles. The number of pyridine rings is 1. The molecule has 0 bridgehead atoms. The molecule has 1 aliphatic rings. The van der Waals surface area contributed by atoms with E-state index in [-0.39, 0.29) is 17.7 Å². The molecule has 33 heavy (non-hydrogen) atoms. The molecule has 1 atom stereocenters. The Morgan fingerprint density at radius 2 is 2.09 bits per heavy atom. The van der Waals surface area contributed by atoms with E-state index in [2.05, 4.69) is 34.4 Å². The number of carbonyl (C=O) groups excluding carboxylic acids is 1. The highest BCUT2D eigenvalue weighted by atomic mass is 32.2. The summed E-state index contributed by atoms with van der Waals surface area (Å²) < 4.78 is 7.64. The molecular weight excluding hydrogens is 454 g/mol. The van der Waals surface area contributed by atoms with Gasteiger partial charge in [-0.15, -0.1) is 21.5 Å². The SMILES string of the molecule is Cc1cc2nnc(SCC(=O)N3N=C(c4cccs4)CC3c3ccco3)n2c2ccccc12. The largest absolute Gasteiger partial charge is 0.467 e. The number of aryl methyl sites for hydroxylation is 1. The predicted molar refractivity (Wildman–Crippen MR) is 130 cm³/mol.